The molecule has 15 heteroatoms. The lowest BCUT2D eigenvalue weighted by atomic mass is 10.1. The van der Waals surface area contributed by atoms with Crippen molar-refractivity contribution < 1.29 is 53.0 Å². The molecule has 2 unspecified atom stereocenters. The van der Waals surface area contributed by atoms with Crippen molar-refractivity contribution in [3.63, 3.8) is 0 Å². The van der Waals surface area contributed by atoms with Crippen molar-refractivity contribution in [1.82, 2.24) is 0 Å². The van der Waals surface area contributed by atoms with Crippen LogP contribution in [0.3, 0.4) is 0 Å². The smallest absolute Gasteiger partial charge is 0.306 e. The number of benzene rings is 2. The number of nitrogens with zero attached hydrogens (tertiary/aromatic N) is 2. The number of carbonyl (C=O) groups is 2. The van der Waals surface area contributed by atoms with Crippen LogP contribution in [-0.2, 0) is 19.1 Å². The molecule has 0 radical (unpaired) electrons. The zero-order valence-electron chi connectivity index (χ0n) is 23.9. The Labute approximate surface area is 241 Å². The second kappa shape index (κ2) is 16.0. The molecule has 2 aromatic carbocycles. The van der Waals surface area contributed by atoms with Gasteiger partial charge in [0.1, 0.15) is 6.10 Å². The highest BCUT2D eigenvalue weighted by atomic mass is 16.6. The van der Waals surface area contributed by atoms with Crippen LogP contribution < -0.4 is 18.9 Å². The average Bonchev–Trinajstić information content (AvgIpc) is 2.96. The number of ether oxygens (including phenoxy) is 6. The van der Waals surface area contributed by atoms with E-state index in [0.717, 1.165) is 6.07 Å². The van der Waals surface area contributed by atoms with Gasteiger partial charge in [-0.3, -0.25) is 29.8 Å². The summed E-state index contributed by atoms with van der Waals surface area (Å²) < 4.78 is 31.6. The summed E-state index contributed by atoms with van der Waals surface area (Å²) in [4.78, 5) is 45.6. The van der Waals surface area contributed by atoms with Gasteiger partial charge in [-0.05, 0) is 38.8 Å². The molecule has 1 N–H and O–H groups in total. The average molecular weight is 595 g/mol. The molecule has 42 heavy (non-hydrogen) atoms. The molecule has 0 heterocycles. The number of aliphatic hydroxyl groups is 1. The van der Waals surface area contributed by atoms with Crippen molar-refractivity contribution in [1.29, 1.82) is 0 Å². The third-order valence-electron chi connectivity index (χ3n) is 6.01. The van der Waals surface area contributed by atoms with E-state index in [1.807, 2.05) is 0 Å². The molecule has 2 aromatic rings. The van der Waals surface area contributed by atoms with Gasteiger partial charge in [-0.15, -0.1) is 0 Å². The van der Waals surface area contributed by atoms with E-state index in [1.165, 1.54) is 53.4 Å². The van der Waals surface area contributed by atoms with Crippen LogP contribution in [0.15, 0.2) is 24.3 Å². The minimum absolute atomic E-state index is 0.0268. The number of rotatable bonds is 17. The zero-order valence-corrected chi connectivity index (χ0v) is 23.9. The molecule has 0 amide bonds. The fourth-order valence-corrected chi connectivity index (χ4v) is 3.87. The zero-order chi connectivity index (χ0) is 31.4. The Morgan fingerprint density at radius 2 is 1.21 bits per heavy atom. The van der Waals surface area contributed by atoms with E-state index in [0.29, 0.717) is 6.42 Å². The summed E-state index contributed by atoms with van der Waals surface area (Å²) in [6.07, 6.45) is -1.66. The topological polar surface area (TPSA) is 196 Å². The molecule has 15 nitrogen and oxygen atoms in total. The summed E-state index contributed by atoms with van der Waals surface area (Å²) >= 11 is 0. The van der Waals surface area contributed by atoms with Crippen molar-refractivity contribution in [2.45, 2.75) is 51.7 Å². The maximum atomic E-state index is 12.5. The lowest BCUT2D eigenvalue weighted by Gasteiger charge is -2.17. The standard InChI is InChI=1S/C27H34N2O13/c1-16(30)18-12-22(37-3)24(14-20(18)28(33)34)41-11-7-9-27(32)42-17(2)19-13-23(38-4)25(15-21(19)29(35)36)40-10-6-8-26(31)39-5/h12-17,30H,6-11H2,1-5H3. The van der Waals surface area contributed by atoms with E-state index < -0.39 is 34.0 Å². The molecule has 0 aliphatic rings. The third kappa shape index (κ3) is 9.19. The Kier molecular flexibility index (Phi) is 12.7. The van der Waals surface area contributed by atoms with E-state index in [4.69, 9.17) is 23.7 Å². The van der Waals surface area contributed by atoms with E-state index in [-0.39, 0.29) is 78.0 Å². The van der Waals surface area contributed by atoms with Crippen LogP contribution >= 0.6 is 0 Å². The molecule has 0 saturated heterocycles. The first kappa shape index (κ1) is 33.5. The number of methoxy groups -OCH3 is 3. The van der Waals surface area contributed by atoms with Crippen LogP contribution in [0.25, 0.3) is 0 Å². The molecule has 0 spiro atoms. The first-order valence-electron chi connectivity index (χ1n) is 12.9. The highest BCUT2D eigenvalue weighted by Gasteiger charge is 2.26. The van der Waals surface area contributed by atoms with Crippen molar-refractivity contribution in [2.75, 3.05) is 34.5 Å². The van der Waals surface area contributed by atoms with Gasteiger partial charge in [0.15, 0.2) is 23.0 Å². The summed E-state index contributed by atoms with van der Waals surface area (Å²) in [6.45, 7) is 2.91. The van der Waals surface area contributed by atoms with Gasteiger partial charge < -0.3 is 33.5 Å². The minimum Gasteiger partial charge on any atom is -0.493 e. The minimum atomic E-state index is -1.11. The number of esters is 2. The van der Waals surface area contributed by atoms with E-state index in [2.05, 4.69) is 4.74 Å². The highest BCUT2D eigenvalue weighted by Crippen LogP contribution is 2.39. The van der Waals surface area contributed by atoms with Crippen molar-refractivity contribution in [2.24, 2.45) is 0 Å². The molecule has 230 valence electrons. The largest absolute Gasteiger partial charge is 0.493 e. The molecule has 0 aliphatic heterocycles. The van der Waals surface area contributed by atoms with Gasteiger partial charge in [-0.25, -0.2) is 0 Å². The Balaban J connectivity index is 2.04. The summed E-state index contributed by atoms with van der Waals surface area (Å²) in [5.41, 5.74) is -0.551. The predicted octanol–water partition coefficient (Wildman–Crippen LogP) is 4.37. The molecule has 2 atom stereocenters. The number of nitro groups is 2. The summed E-state index contributed by atoms with van der Waals surface area (Å²) in [6, 6.07) is 4.97. The molecule has 2 rings (SSSR count). The lowest BCUT2D eigenvalue weighted by Crippen LogP contribution is -2.12. The van der Waals surface area contributed by atoms with E-state index in [1.54, 1.807) is 0 Å². The normalized spacial score (nSPS) is 12.0. The second-order valence-corrected chi connectivity index (χ2v) is 8.93. The lowest BCUT2D eigenvalue weighted by molar-refractivity contribution is -0.386. The van der Waals surface area contributed by atoms with Gasteiger partial charge in [0.2, 0.25) is 0 Å². The Hall–Kier alpha value is -4.66. The number of carbonyl (C=O) groups excluding carboxylic acids is 2. The Bertz CT molecular complexity index is 1280. The molecule has 0 fully saturated rings. The van der Waals surface area contributed by atoms with Gasteiger partial charge >= 0.3 is 11.9 Å². The summed E-state index contributed by atoms with van der Waals surface area (Å²) in [5, 5.41) is 33.0. The fourth-order valence-electron chi connectivity index (χ4n) is 3.87. The number of hydrogen-bond acceptors (Lipinski definition) is 13. The molecular formula is C27H34N2O13. The first-order valence-corrected chi connectivity index (χ1v) is 12.9. The van der Waals surface area contributed by atoms with Gasteiger partial charge in [0.25, 0.3) is 11.4 Å². The maximum absolute atomic E-state index is 12.5. The molecular weight excluding hydrogens is 560 g/mol. The van der Waals surface area contributed by atoms with Crippen LogP contribution in [0.2, 0.25) is 0 Å². The summed E-state index contributed by atoms with van der Waals surface area (Å²) in [5.74, 6) is -0.579. The van der Waals surface area contributed by atoms with Crippen LogP contribution in [0.4, 0.5) is 11.4 Å². The first-order chi connectivity index (χ1) is 19.9. The van der Waals surface area contributed by atoms with Gasteiger partial charge in [-0.2, -0.15) is 0 Å². The van der Waals surface area contributed by atoms with Crippen LogP contribution in [0.5, 0.6) is 23.0 Å². The van der Waals surface area contributed by atoms with Gasteiger partial charge in [0, 0.05) is 12.8 Å². The molecule has 0 aromatic heterocycles. The predicted molar refractivity (Wildman–Crippen MR) is 146 cm³/mol. The Morgan fingerprint density at radius 1 is 0.762 bits per heavy atom. The number of aliphatic hydroxyl groups excluding tert-OH is 1. The third-order valence-corrected chi connectivity index (χ3v) is 6.01. The number of nitro benzene ring substituents is 2. The SMILES string of the molecule is COC(=O)CCCOc1cc([N+](=O)[O-])c(C(C)OC(=O)CCCOc2cc([N+](=O)[O-])c(C(C)O)cc2OC)cc1OC. The van der Waals surface area contributed by atoms with Gasteiger partial charge in [-0.1, -0.05) is 0 Å². The van der Waals surface area contributed by atoms with Crippen LogP contribution in [0.1, 0.15) is 62.9 Å². The van der Waals surface area contributed by atoms with Gasteiger partial charge in [0.05, 0.1) is 73.8 Å². The maximum Gasteiger partial charge on any atom is 0.306 e. The highest BCUT2D eigenvalue weighted by molar-refractivity contribution is 5.70. The van der Waals surface area contributed by atoms with E-state index in [9.17, 15) is 34.9 Å². The molecule has 0 saturated carbocycles. The molecule has 0 bridgehead atoms. The van der Waals surface area contributed by atoms with Crippen molar-refractivity contribution >= 4 is 23.3 Å². The Morgan fingerprint density at radius 3 is 1.64 bits per heavy atom. The second-order valence-electron chi connectivity index (χ2n) is 8.93. The molecule has 0 aliphatic carbocycles. The van der Waals surface area contributed by atoms with Crippen LogP contribution in [0, 0.1) is 20.2 Å². The van der Waals surface area contributed by atoms with E-state index >= 15 is 0 Å². The van der Waals surface area contributed by atoms with Crippen LogP contribution in [-0.4, -0.2) is 61.4 Å². The fraction of sp³-hybridized carbons (Fsp3) is 0.481. The van der Waals surface area contributed by atoms with Crippen molar-refractivity contribution in [3.05, 3.63) is 55.6 Å². The summed E-state index contributed by atoms with van der Waals surface area (Å²) in [7, 11) is 3.96. The monoisotopic (exact) mass is 594 g/mol. The number of hydrogen-bond donors (Lipinski definition) is 1. The van der Waals surface area contributed by atoms with Crippen molar-refractivity contribution in [3.8, 4) is 23.0 Å². The quantitative estimate of drug-likeness (QED) is 0.117.